The maximum Gasteiger partial charge on any atom is 0.328 e. The molecule has 33 heavy (non-hydrogen) atoms. The number of benzene rings is 2. The normalized spacial score (nSPS) is 10.1. The van der Waals surface area contributed by atoms with Crippen molar-refractivity contribution in [2.24, 2.45) is 0 Å². The Kier molecular flexibility index (Phi) is 7.50. The van der Waals surface area contributed by atoms with Crippen LogP contribution in [-0.2, 0) is 16.2 Å². The maximum absolute atomic E-state index is 12.5. The van der Waals surface area contributed by atoms with E-state index in [4.69, 9.17) is 16.3 Å². The lowest BCUT2D eigenvalue weighted by atomic mass is 10.2. The summed E-state index contributed by atoms with van der Waals surface area (Å²) in [4.78, 5) is 50.5. The number of hydrogen-bond donors (Lipinski definition) is 3. The summed E-state index contributed by atoms with van der Waals surface area (Å²) in [7, 11) is 0. The van der Waals surface area contributed by atoms with Gasteiger partial charge in [0, 0.05) is 29.6 Å². The minimum atomic E-state index is -1.15. The largest absolute Gasteiger partial charge is 0.488 e. The van der Waals surface area contributed by atoms with Crippen LogP contribution in [0.1, 0.15) is 15.9 Å². The van der Waals surface area contributed by atoms with Crippen molar-refractivity contribution >= 4 is 40.7 Å². The molecule has 0 fully saturated rings. The number of anilines is 1. The van der Waals surface area contributed by atoms with Gasteiger partial charge in [-0.2, -0.15) is 0 Å². The summed E-state index contributed by atoms with van der Waals surface area (Å²) in [5, 5.41) is 13.3. The Morgan fingerprint density at radius 3 is 2.36 bits per heavy atom. The molecule has 3 rings (SSSR count). The van der Waals surface area contributed by atoms with Crippen molar-refractivity contribution in [3.63, 3.8) is 0 Å². The lowest BCUT2D eigenvalue weighted by Gasteiger charge is -2.12. The van der Waals surface area contributed by atoms with Gasteiger partial charge in [0.15, 0.2) is 0 Å². The van der Waals surface area contributed by atoms with E-state index < -0.39 is 22.6 Å². The molecule has 0 aliphatic carbocycles. The average molecular weight is 470 g/mol. The van der Waals surface area contributed by atoms with Gasteiger partial charge in [0.25, 0.3) is 11.6 Å². The molecule has 0 atom stereocenters. The van der Waals surface area contributed by atoms with Crippen LogP contribution in [-0.4, -0.2) is 27.6 Å². The molecule has 11 nitrogen and oxygen atoms in total. The first-order chi connectivity index (χ1) is 15.8. The van der Waals surface area contributed by atoms with Crippen LogP contribution in [0.25, 0.3) is 0 Å². The lowest BCUT2D eigenvalue weighted by molar-refractivity contribution is -0.384. The van der Waals surface area contributed by atoms with E-state index in [9.17, 15) is 24.5 Å². The average Bonchev–Trinajstić information content (AvgIpc) is 2.82. The Balaban J connectivity index is 1.55. The molecule has 0 aliphatic rings. The topological polar surface area (TPSA) is 153 Å². The number of aromatic nitrogens is 1. The van der Waals surface area contributed by atoms with Crippen LogP contribution in [0.15, 0.2) is 66.9 Å². The molecular weight excluding hydrogens is 454 g/mol. The number of hydrazine groups is 1. The van der Waals surface area contributed by atoms with Crippen molar-refractivity contribution in [3.8, 4) is 5.75 Å². The third kappa shape index (κ3) is 6.48. The second-order valence-corrected chi connectivity index (χ2v) is 6.83. The van der Waals surface area contributed by atoms with Gasteiger partial charge in [0.05, 0.1) is 10.5 Å². The molecule has 0 spiro atoms. The molecule has 12 heteroatoms. The fourth-order valence-corrected chi connectivity index (χ4v) is 2.64. The van der Waals surface area contributed by atoms with Crippen LogP contribution in [0.4, 0.5) is 11.4 Å². The van der Waals surface area contributed by atoms with Gasteiger partial charge >= 0.3 is 11.8 Å². The molecule has 3 N–H and O–H groups in total. The lowest BCUT2D eigenvalue weighted by Crippen LogP contribution is -2.46. The standard InChI is InChI=1S/C21H16ClN5O6/c22-18-10-5-13(11-23-18)12-33-17-4-2-1-3-16(17)19(28)25-26-21(30)20(29)24-14-6-8-15(9-7-14)27(31)32/h1-11H,12H2,(H,24,29)(H,25,28)(H,26,30). The summed E-state index contributed by atoms with van der Waals surface area (Å²) < 4.78 is 5.66. The van der Waals surface area contributed by atoms with Crippen LogP contribution in [0.2, 0.25) is 5.15 Å². The minimum absolute atomic E-state index is 0.121. The van der Waals surface area contributed by atoms with Gasteiger partial charge in [-0.1, -0.05) is 29.8 Å². The SMILES string of the molecule is O=C(NNC(=O)c1ccccc1OCc1ccc(Cl)nc1)C(=O)Nc1ccc([N+](=O)[O-])cc1. The highest BCUT2D eigenvalue weighted by Gasteiger charge is 2.17. The monoisotopic (exact) mass is 469 g/mol. The number of hydrogen-bond acceptors (Lipinski definition) is 7. The number of ether oxygens (including phenoxy) is 1. The molecule has 1 aromatic heterocycles. The number of amides is 3. The highest BCUT2D eigenvalue weighted by atomic mass is 35.5. The van der Waals surface area contributed by atoms with E-state index >= 15 is 0 Å². The van der Waals surface area contributed by atoms with E-state index in [2.05, 4.69) is 15.7 Å². The van der Waals surface area contributed by atoms with Crippen LogP contribution in [0, 0.1) is 10.1 Å². The van der Waals surface area contributed by atoms with E-state index in [-0.39, 0.29) is 29.3 Å². The first-order valence-electron chi connectivity index (χ1n) is 9.32. The van der Waals surface area contributed by atoms with E-state index in [1.807, 2.05) is 5.43 Å². The molecular formula is C21H16ClN5O6. The molecule has 3 amide bonds. The molecule has 0 aliphatic heterocycles. The molecule has 0 bridgehead atoms. The minimum Gasteiger partial charge on any atom is -0.488 e. The van der Waals surface area contributed by atoms with E-state index in [1.54, 1.807) is 30.3 Å². The van der Waals surface area contributed by atoms with Gasteiger partial charge < -0.3 is 10.1 Å². The van der Waals surface area contributed by atoms with Crippen molar-refractivity contribution in [2.45, 2.75) is 6.61 Å². The highest BCUT2D eigenvalue weighted by molar-refractivity contribution is 6.39. The van der Waals surface area contributed by atoms with Gasteiger partial charge in [-0.25, -0.2) is 4.98 Å². The Labute approximate surface area is 191 Å². The molecule has 3 aromatic rings. The van der Waals surface area contributed by atoms with Gasteiger partial charge in [0.1, 0.15) is 17.5 Å². The summed E-state index contributed by atoms with van der Waals surface area (Å²) in [6, 6.07) is 14.5. The summed E-state index contributed by atoms with van der Waals surface area (Å²) >= 11 is 5.75. The quantitative estimate of drug-likeness (QED) is 0.217. The van der Waals surface area contributed by atoms with Gasteiger partial charge in [-0.05, 0) is 30.3 Å². The highest BCUT2D eigenvalue weighted by Crippen LogP contribution is 2.19. The molecule has 0 radical (unpaired) electrons. The molecule has 1 heterocycles. The van der Waals surface area contributed by atoms with Crippen molar-refractivity contribution in [1.82, 2.24) is 15.8 Å². The number of para-hydroxylation sites is 1. The zero-order valence-electron chi connectivity index (χ0n) is 16.8. The zero-order valence-corrected chi connectivity index (χ0v) is 17.5. The fourth-order valence-electron chi connectivity index (χ4n) is 2.52. The Bertz CT molecular complexity index is 1180. The number of carbonyl (C=O) groups excluding carboxylic acids is 3. The molecule has 0 saturated carbocycles. The number of nitrogens with zero attached hydrogens (tertiary/aromatic N) is 2. The number of non-ortho nitro benzene ring substituents is 1. The fraction of sp³-hybridized carbons (Fsp3) is 0.0476. The second kappa shape index (κ2) is 10.7. The summed E-state index contributed by atoms with van der Waals surface area (Å²) in [5.41, 5.74) is 4.98. The van der Waals surface area contributed by atoms with E-state index in [1.165, 1.54) is 36.5 Å². The predicted octanol–water partition coefficient (Wildman–Crippen LogP) is 2.62. The molecule has 0 unspecified atom stereocenters. The number of nitrogens with one attached hydrogen (secondary N) is 3. The number of nitro groups is 1. The third-order valence-electron chi connectivity index (χ3n) is 4.15. The maximum atomic E-state index is 12.5. The summed E-state index contributed by atoms with van der Waals surface area (Å²) in [6.07, 6.45) is 1.54. The number of halogens is 1. The number of nitro benzene ring substituents is 1. The van der Waals surface area contributed by atoms with Crippen molar-refractivity contribution < 1.29 is 24.0 Å². The Morgan fingerprint density at radius 1 is 0.970 bits per heavy atom. The van der Waals surface area contributed by atoms with Gasteiger partial charge in [-0.3, -0.25) is 35.3 Å². The predicted molar refractivity (Wildman–Crippen MR) is 117 cm³/mol. The van der Waals surface area contributed by atoms with Crippen molar-refractivity contribution in [2.75, 3.05) is 5.32 Å². The van der Waals surface area contributed by atoms with E-state index in [0.717, 1.165) is 5.56 Å². The zero-order chi connectivity index (χ0) is 23.8. The van der Waals surface area contributed by atoms with E-state index in [0.29, 0.717) is 5.15 Å². The number of carbonyl (C=O) groups is 3. The van der Waals surface area contributed by atoms with Crippen LogP contribution < -0.4 is 20.9 Å². The summed E-state index contributed by atoms with van der Waals surface area (Å²) in [5.74, 6) is -2.69. The van der Waals surface area contributed by atoms with Crippen LogP contribution >= 0.6 is 11.6 Å². The molecule has 0 saturated heterocycles. The summed E-state index contributed by atoms with van der Waals surface area (Å²) in [6.45, 7) is 0.123. The second-order valence-electron chi connectivity index (χ2n) is 6.44. The first kappa shape index (κ1) is 23.2. The number of pyridine rings is 1. The molecule has 2 aromatic carbocycles. The number of rotatable bonds is 6. The third-order valence-corrected chi connectivity index (χ3v) is 4.37. The van der Waals surface area contributed by atoms with Crippen LogP contribution in [0.5, 0.6) is 5.75 Å². The van der Waals surface area contributed by atoms with Crippen molar-refractivity contribution in [3.05, 3.63) is 93.3 Å². The smallest absolute Gasteiger partial charge is 0.328 e. The Hall–Kier alpha value is -4.51. The van der Waals surface area contributed by atoms with Crippen molar-refractivity contribution in [1.29, 1.82) is 0 Å². The van der Waals surface area contributed by atoms with Crippen LogP contribution in [0.3, 0.4) is 0 Å². The first-order valence-corrected chi connectivity index (χ1v) is 9.69. The van der Waals surface area contributed by atoms with Gasteiger partial charge in [0.2, 0.25) is 0 Å². The molecule has 168 valence electrons. The Morgan fingerprint density at radius 2 is 1.70 bits per heavy atom. The van der Waals surface area contributed by atoms with Gasteiger partial charge in [-0.15, -0.1) is 0 Å².